The van der Waals surface area contributed by atoms with Crippen LogP contribution in [0, 0.1) is 28.8 Å². The maximum absolute atomic E-state index is 14.4. The first-order valence-electron chi connectivity index (χ1n) is 12.2. The zero-order valence-electron chi connectivity index (χ0n) is 22.1. The highest BCUT2D eigenvalue weighted by Crippen LogP contribution is 2.35. The number of carbonyl (C=O) groups is 3. The number of hydrogen-bond acceptors (Lipinski definition) is 7. The summed E-state index contributed by atoms with van der Waals surface area (Å²) in [5.41, 5.74) is -3.28. The highest BCUT2D eigenvalue weighted by molar-refractivity contribution is 5.93. The number of aromatic nitrogens is 2. The molecule has 3 rings (SSSR count). The van der Waals surface area contributed by atoms with E-state index in [1.807, 2.05) is 0 Å². The number of amides is 2. The van der Waals surface area contributed by atoms with E-state index in [1.54, 1.807) is 26.8 Å². The number of rotatable bonds is 8. The summed E-state index contributed by atoms with van der Waals surface area (Å²) < 4.78 is 88.9. The van der Waals surface area contributed by atoms with Gasteiger partial charge >= 0.3 is 12.3 Å². The molecule has 0 bridgehead atoms. The molecular formula is C25H26F6N6O4. The molecular weight excluding hydrogens is 562 g/mol. The van der Waals surface area contributed by atoms with Gasteiger partial charge in [-0.25, -0.2) is 22.9 Å². The summed E-state index contributed by atoms with van der Waals surface area (Å²) in [6.45, 7) is 3.47. The Kier molecular flexibility index (Phi) is 9.32. The lowest BCUT2D eigenvalue weighted by Gasteiger charge is -2.29. The van der Waals surface area contributed by atoms with Crippen LogP contribution in [-0.4, -0.2) is 52.1 Å². The van der Waals surface area contributed by atoms with E-state index in [0.29, 0.717) is 12.1 Å². The molecule has 0 saturated carbocycles. The van der Waals surface area contributed by atoms with Crippen LogP contribution in [0.15, 0.2) is 12.1 Å². The first kappa shape index (κ1) is 31.4. The molecule has 0 fully saturated rings. The minimum absolute atomic E-state index is 0.239. The van der Waals surface area contributed by atoms with Gasteiger partial charge in [-0.1, -0.05) is 0 Å². The molecule has 0 saturated heterocycles. The molecule has 2 unspecified atom stereocenters. The molecule has 1 aromatic carbocycles. The number of imidazole rings is 1. The van der Waals surface area contributed by atoms with E-state index < -0.39 is 108 Å². The summed E-state index contributed by atoms with van der Waals surface area (Å²) in [5, 5.41) is 15.9. The molecule has 2 amide bonds. The molecule has 2 atom stereocenters. The summed E-state index contributed by atoms with van der Waals surface area (Å²) in [6, 6.07) is -0.264. The highest BCUT2D eigenvalue weighted by atomic mass is 19.4. The van der Waals surface area contributed by atoms with Crippen molar-refractivity contribution in [2.45, 2.75) is 64.0 Å². The average molecular weight is 589 g/mol. The lowest BCUT2D eigenvalue weighted by molar-refractivity contribution is -0.142. The standard InChI is InChI=1S/C25H26F6N6O4/c1-24(2,3)41-23(40)35-13(6-12-7-15(27)16(28)9-14(12)26)8-19(38)17-10-33-11-18-20(25(29,30)31)36-21(37(17)18)22(39)34-5-4-32/h7,9,13,17,33H,5-6,8,10-11H2,1-3H3,(H,34,39)(H,35,40). The highest BCUT2D eigenvalue weighted by Gasteiger charge is 2.43. The average Bonchev–Trinajstić information content (AvgIpc) is 3.25. The maximum Gasteiger partial charge on any atom is 0.435 e. The van der Waals surface area contributed by atoms with Gasteiger partial charge in [-0.2, -0.15) is 18.4 Å². The molecule has 0 aliphatic carbocycles. The van der Waals surface area contributed by atoms with Crippen molar-refractivity contribution in [2.75, 3.05) is 13.1 Å². The van der Waals surface area contributed by atoms with Gasteiger partial charge in [0.1, 0.15) is 24.0 Å². The van der Waals surface area contributed by atoms with Gasteiger partial charge in [0.25, 0.3) is 5.91 Å². The van der Waals surface area contributed by atoms with Crippen molar-refractivity contribution in [1.29, 1.82) is 5.26 Å². The molecule has 1 aliphatic rings. The number of Topliss-reactive ketones (excluding diaryl/α,β-unsaturated/α-hetero) is 1. The van der Waals surface area contributed by atoms with Crippen molar-refractivity contribution in [3.8, 4) is 6.07 Å². The predicted octanol–water partition coefficient (Wildman–Crippen LogP) is 3.31. The van der Waals surface area contributed by atoms with Crippen LogP contribution in [-0.2, 0) is 28.7 Å². The second-order valence-electron chi connectivity index (χ2n) is 10.2. The minimum atomic E-state index is -4.98. The predicted molar refractivity (Wildman–Crippen MR) is 129 cm³/mol. The fraction of sp³-hybridized carbons (Fsp3) is 0.480. The van der Waals surface area contributed by atoms with E-state index in [4.69, 9.17) is 10.00 Å². The van der Waals surface area contributed by atoms with Crippen LogP contribution in [0.2, 0.25) is 0 Å². The van der Waals surface area contributed by atoms with Gasteiger partial charge in [0, 0.05) is 31.6 Å². The van der Waals surface area contributed by atoms with Crippen molar-refractivity contribution >= 4 is 17.8 Å². The molecule has 0 radical (unpaired) electrons. The molecule has 1 aromatic heterocycles. The number of fused-ring (bicyclic) bond motifs is 1. The molecule has 222 valence electrons. The van der Waals surface area contributed by atoms with Crippen LogP contribution >= 0.6 is 0 Å². The fourth-order valence-corrected chi connectivity index (χ4v) is 4.25. The van der Waals surface area contributed by atoms with E-state index in [9.17, 15) is 40.7 Å². The minimum Gasteiger partial charge on any atom is -0.444 e. The van der Waals surface area contributed by atoms with Crippen molar-refractivity contribution < 1.29 is 45.5 Å². The monoisotopic (exact) mass is 588 g/mol. The van der Waals surface area contributed by atoms with E-state index in [2.05, 4.69) is 20.9 Å². The third-order valence-electron chi connectivity index (χ3n) is 5.85. The number of ketones is 1. The van der Waals surface area contributed by atoms with E-state index in [0.717, 1.165) is 4.57 Å². The molecule has 0 spiro atoms. The number of nitriles is 1. The van der Waals surface area contributed by atoms with Gasteiger partial charge in [0.2, 0.25) is 5.82 Å². The Bertz CT molecular complexity index is 1380. The quantitative estimate of drug-likeness (QED) is 0.244. The van der Waals surface area contributed by atoms with E-state index in [-0.39, 0.29) is 6.54 Å². The molecule has 16 heteroatoms. The zero-order chi connectivity index (χ0) is 30.7. The van der Waals surface area contributed by atoms with Gasteiger partial charge in [-0.15, -0.1) is 0 Å². The fourth-order valence-electron chi connectivity index (χ4n) is 4.25. The van der Waals surface area contributed by atoms with Gasteiger partial charge in [-0.3, -0.25) is 9.59 Å². The Morgan fingerprint density at radius 2 is 1.83 bits per heavy atom. The van der Waals surface area contributed by atoms with Crippen molar-refractivity contribution in [3.63, 3.8) is 0 Å². The number of alkyl halides is 3. The van der Waals surface area contributed by atoms with E-state index in [1.165, 1.54) is 0 Å². The summed E-state index contributed by atoms with van der Waals surface area (Å²) in [7, 11) is 0. The lowest BCUT2D eigenvalue weighted by Crippen LogP contribution is -2.45. The van der Waals surface area contributed by atoms with Crippen LogP contribution in [0.25, 0.3) is 0 Å². The first-order chi connectivity index (χ1) is 19.0. The summed E-state index contributed by atoms with van der Waals surface area (Å²) in [5.74, 6) is -6.68. The number of alkyl carbamates (subject to hydrolysis) is 1. The van der Waals surface area contributed by atoms with Gasteiger partial charge in [0.15, 0.2) is 23.1 Å². The summed E-state index contributed by atoms with van der Waals surface area (Å²) >= 11 is 0. The Balaban J connectivity index is 1.98. The smallest absolute Gasteiger partial charge is 0.435 e. The van der Waals surface area contributed by atoms with Crippen molar-refractivity contribution in [3.05, 3.63) is 52.4 Å². The lowest BCUT2D eigenvalue weighted by atomic mass is 9.96. The Morgan fingerprint density at radius 1 is 1.17 bits per heavy atom. The van der Waals surface area contributed by atoms with Crippen LogP contribution in [0.1, 0.15) is 60.8 Å². The second-order valence-corrected chi connectivity index (χ2v) is 10.2. The van der Waals surface area contributed by atoms with Crippen LogP contribution in [0.4, 0.5) is 31.1 Å². The Labute approximate surface area is 230 Å². The third kappa shape index (κ3) is 7.75. The van der Waals surface area contributed by atoms with Crippen LogP contribution in [0.3, 0.4) is 0 Å². The maximum atomic E-state index is 14.4. The number of ether oxygens (including phenoxy) is 1. The van der Waals surface area contributed by atoms with Crippen molar-refractivity contribution in [1.82, 2.24) is 25.5 Å². The normalized spacial score (nSPS) is 15.9. The van der Waals surface area contributed by atoms with Crippen molar-refractivity contribution in [2.24, 2.45) is 0 Å². The molecule has 10 nitrogen and oxygen atoms in total. The van der Waals surface area contributed by atoms with Gasteiger partial charge < -0.3 is 25.3 Å². The third-order valence-corrected chi connectivity index (χ3v) is 5.85. The van der Waals surface area contributed by atoms with Crippen LogP contribution in [0.5, 0.6) is 0 Å². The number of carbonyl (C=O) groups excluding carboxylic acids is 3. The molecule has 1 aliphatic heterocycles. The zero-order valence-corrected chi connectivity index (χ0v) is 22.1. The SMILES string of the molecule is CC(C)(C)OC(=O)NC(CC(=O)C1CNCc2c(C(F)(F)F)nc(C(=O)NCC#N)n21)Cc1cc(F)c(F)cc1F. The molecule has 3 N–H and O–H groups in total. The first-order valence-corrected chi connectivity index (χ1v) is 12.2. The molecule has 41 heavy (non-hydrogen) atoms. The number of halogens is 6. The van der Waals surface area contributed by atoms with E-state index >= 15 is 0 Å². The van der Waals surface area contributed by atoms with Gasteiger partial charge in [0.05, 0.1) is 11.8 Å². The number of hydrogen-bond donors (Lipinski definition) is 3. The largest absolute Gasteiger partial charge is 0.444 e. The molecule has 2 aromatic rings. The van der Waals surface area contributed by atoms with Crippen LogP contribution < -0.4 is 16.0 Å². The van der Waals surface area contributed by atoms with Gasteiger partial charge in [-0.05, 0) is 38.8 Å². The summed E-state index contributed by atoms with van der Waals surface area (Å²) in [6.07, 6.45) is -7.17. The Hall–Kier alpha value is -4.13. The Morgan fingerprint density at radius 3 is 2.44 bits per heavy atom. The number of nitrogens with one attached hydrogen (secondary N) is 3. The number of benzene rings is 1. The number of nitrogens with zero attached hydrogens (tertiary/aromatic N) is 3. The molecule has 2 heterocycles. The summed E-state index contributed by atoms with van der Waals surface area (Å²) in [4.78, 5) is 42.0. The topological polar surface area (TPSA) is 138 Å². The second kappa shape index (κ2) is 12.2.